The van der Waals surface area contributed by atoms with E-state index in [4.69, 9.17) is 25.3 Å². The van der Waals surface area contributed by atoms with Crippen molar-refractivity contribution in [1.82, 2.24) is 4.90 Å². The van der Waals surface area contributed by atoms with E-state index in [9.17, 15) is 0 Å². The SMILES string of the molecule is [Au].[S-]C([S-])N1CCN(c2ccc(C3SCCCS3)cc2)CC1. The summed E-state index contributed by atoms with van der Waals surface area (Å²) < 4.78 is 0.473. The van der Waals surface area contributed by atoms with Crippen LogP contribution in [0.5, 0.6) is 0 Å². The standard InChI is InChI=1S/C15H22N2S4.Au/c18-15(19)17-8-6-16(7-9-17)13-4-2-12(3-5-13)14-20-10-1-11-21-14;/h2-5,14-15,18-19H,1,6-11H2;/p-2. The van der Waals surface area contributed by atoms with E-state index in [0.717, 1.165) is 26.2 Å². The summed E-state index contributed by atoms with van der Waals surface area (Å²) in [5, 5.41) is 0. The molecule has 0 bridgehead atoms. The van der Waals surface area contributed by atoms with Gasteiger partial charge in [0.25, 0.3) is 0 Å². The van der Waals surface area contributed by atoms with Crippen LogP contribution in [0.1, 0.15) is 16.6 Å². The van der Waals surface area contributed by atoms with Crippen molar-refractivity contribution in [2.24, 2.45) is 0 Å². The molecule has 0 aliphatic carbocycles. The van der Waals surface area contributed by atoms with E-state index < -0.39 is 0 Å². The zero-order valence-electron chi connectivity index (χ0n) is 12.2. The fourth-order valence-electron chi connectivity index (χ4n) is 2.71. The first-order valence-corrected chi connectivity index (χ1v) is 10.4. The maximum absolute atomic E-state index is 5.16. The van der Waals surface area contributed by atoms with Gasteiger partial charge in [0, 0.05) is 54.2 Å². The number of hydrogen-bond acceptors (Lipinski definition) is 6. The minimum absolute atomic E-state index is 0. The molecule has 0 spiro atoms. The second-order valence-corrected chi connectivity index (χ2v) is 9.26. The Morgan fingerprint density at radius 1 is 0.955 bits per heavy atom. The van der Waals surface area contributed by atoms with Crippen molar-refractivity contribution in [3.05, 3.63) is 29.8 Å². The number of hydrogen-bond donors (Lipinski definition) is 0. The number of rotatable bonds is 3. The Morgan fingerprint density at radius 2 is 1.55 bits per heavy atom. The van der Waals surface area contributed by atoms with Gasteiger partial charge in [-0.15, -0.1) is 23.5 Å². The second kappa shape index (κ2) is 9.56. The van der Waals surface area contributed by atoms with Gasteiger partial charge in [0.05, 0.1) is 4.58 Å². The van der Waals surface area contributed by atoms with Crippen LogP contribution < -0.4 is 4.90 Å². The number of benzene rings is 1. The van der Waals surface area contributed by atoms with E-state index in [-0.39, 0.29) is 27.1 Å². The first kappa shape index (κ1) is 19.4. The Hall–Kier alpha value is 1.12. The maximum atomic E-state index is 5.16. The third-order valence-electron chi connectivity index (χ3n) is 3.97. The third-order valence-corrected chi connectivity index (χ3v) is 7.58. The average molecular weight is 554 g/mol. The smallest absolute Gasteiger partial charge is 0.0751 e. The van der Waals surface area contributed by atoms with Gasteiger partial charge in [0.2, 0.25) is 0 Å². The molecule has 3 rings (SSSR count). The molecule has 2 heterocycles. The summed E-state index contributed by atoms with van der Waals surface area (Å²) in [7, 11) is 0. The second-order valence-electron chi connectivity index (χ2n) is 5.35. The molecule has 7 heteroatoms. The van der Waals surface area contributed by atoms with Gasteiger partial charge in [-0.3, -0.25) is 0 Å². The predicted molar refractivity (Wildman–Crippen MR) is 101 cm³/mol. The number of piperazine rings is 1. The summed E-state index contributed by atoms with van der Waals surface area (Å²) in [6.07, 6.45) is 1.35. The van der Waals surface area contributed by atoms with Gasteiger partial charge in [-0.2, -0.15) is 0 Å². The Morgan fingerprint density at radius 3 is 2.09 bits per heavy atom. The maximum Gasteiger partial charge on any atom is 0.0751 e. The van der Waals surface area contributed by atoms with Crippen LogP contribution in [0, 0.1) is 0 Å². The van der Waals surface area contributed by atoms with Crippen molar-refractivity contribution in [2.45, 2.75) is 15.7 Å². The molecule has 1 radical (unpaired) electrons. The summed E-state index contributed by atoms with van der Waals surface area (Å²) in [6.45, 7) is 4.01. The van der Waals surface area contributed by atoms with Gasteiger partial charge in [-0.25, -0.2) is 4.71 Å². The molecule has 0 unspecified atom stereocenters. The van der Waals surface area contributed by atoms with Crippen molar-refractivity contribution in [2.75, 3.05) is 42.6 Å². The Labute approximate surface area is 168 Å². The summed E-state index contributed by atoms with van der Waals surface area (Å²) in [4.78, 5) is 4.64. The third kappa shape index (κ3) is 5.06. The van der Waals surface area contributed by atoms with Crippen molar-refractivity contribution in [3.63, 3.8) is 0 Å². The zero-order chi connectivity index (χ0) is 14.7. The quantitative estimate of drug-likeness (QED) is 0.417. The van der Waals surface area contributed by atoms with Gasteiger partial charge < -0.3 is 35.1 Å². The number of nitrogens with zero attached hydrogens (tertiary/aromatic N) is 2. The molecule has 127 valence electrons. The largest absolute Gasteiger partial charge is 0.800 e. The normalized spacial score (nSPS) is 21.0. The van der Waals surface area contributed by atoms with Crippen LogP contribution in [0.15, 0.2) is 24.3 Å². The van der Waals surface area contributed by atoms with Gasteiger partial charge in [0.1, 0.15) is 0 Å². The first-order chi connectivity index (χ1) is 10.2. The molecular weight excluding hydrogens is 533 g/mol. The van der Waals surface area contributed by atoms with Crippen LogP contribution >= 0.6 is 23.5 Å². The van der Waals surface area contributed by atoms with E-state index in [1.165, 1.54) is 29.2 Å². The molecule has 1 aromatic rings. The molecule has 1 aromatic carbocycles. The molecule has 0 amide bonds. The van der Waals surface area contributed by atoms with Crippen molar-refractivity contribution >= 4 is 54.5 Å². The molecule has 2 fully saturated rings. The number of anilines is 1. The zero-order valence-corrected chi connectivity index (χ0v) is 17.7. The summed E-state index contributed by atoms with van der Waals surface area (Å²) in [5.74, 6) is 2.59. The first-order valence-electron chi connectivity index (χ1n) is 7.38. The molecule has 0 N–H and O–H groups in total. The Bertz CT molecular complexity index is 443. The van der Waals surface area contributed by atoms with E-state index in [0.29, 0.717) is 4.58 Å². The molecule has 2 aliphatic heterocycles. The van der Waals surface area contributed by atoms with Crippen LogP contribution in [0.25, 0.3) is 0 Å². The number of thioether (sulfide) groups is 2. The molecule has 0 atom stereocenters. The predicted octanol–water partition coefficient (Wildman–Crippen LogP) is 3.05. The van der Waals surface area contributed by atoms with Crippen molar-refractivity contribution < 1.29 is 22.4 Å². The minimum atomic E-state index is -0.158. The van der Waals surface area contributed by atoms with Crippen LogP contribution in [0.4, 0.5) is 5.69 Å². The average Bonchev–Trinajstić information content (AvgIpc) is 2.56. The fraction of sp³-hybridized carbons (Fsp3) is 0.600. The summed E-state index contributed by atoms with van der Waals surface area (Å²) >= 11 is 14.5. The summed E-state index contributed by atoms with van der Waals surface area (Å²) in [6, 6.07) is 9.17. The topological polar surface area (TPSA) is 6.48 Å². The molecule has 2 aliphatic rings. The Balaban J connectivity index is 0.00000176. The molecule has 0 aromatic heterocycles. The van der Waals surface area contributed by atoms with Gasteiger partial charge in [-0.1, -0.05) is 12.1 Å². The van der Waals surface area contributed by atoms with Gasteiger partial charge in [0.15, 0.2) is 0 Å². The fourth-order valence-corrected chi connectivity index (χ4v) is 6.03. The monoisotopic (exact) mass is 553 g/mol. The van der Waals surface area contributed by atoms with Gasteiger partial charge >= 0.3 is 0 Å². The van der Waals surface area contributed by atoms with E-state index in [1.807, 2.05) is 0 Å². The van der Waals surface area contributed by atoms with Crippen molar-refractivity contribution in [1.29, 1.82) is 0 Å². The van der Waals surface area contributed by atoms with Crippen LogP contribution in [0.2, 0.25) is 0 Å². The van der Waals surface area contributed by atoms with Crippen LogP contribution in [-0.2, 0) is 47.6 Å². The van der Waals surface area contributed by atoms with Crippen LogP contribution in [0.3, 0.4) is 0 Å². The van der Waals surface area contributed by atoms with E-state index in [2.05, 4.69) is 57.6 Å². The molecule has 0 saturated carbocycles. The molecule has 22 heavy (non-hydrogen) atoms. The van der Waals surface area contributed by atoms with E-state index in [1.54, 1.807) is 0 Å². The summed E-state index contributed by atoms with van der Waals surface area (Å²) in [5.41, 5.74) is 2.79. The molecular formula is C15H20AuN2S4-2. The Kier molecular flexibility index (Phi) is 8.45. The van der Waals surface area contributed by atoms with Crippen molar-refractivity contribution in [3.8, 4) is 0 Å². The van der Waals surface area contributed by atoms with Crippen LogP contribution in [-0.4, -0.2) is 47.3 Å². The minimum Gasteiger partial charge on any atom is -0.800 e. The molecule has 2 nitrogen and oxygen atoms in total. The van der Waals surface area contributed by atoms with Gasteiger partial charge in [-0.05, 0) is 35.6 Å². The molecule has 2 saturated heterocycles. The van der Waals surface area contributed by atoms with E-state index >= 15 is 0 Å².